The summed E-state index contributed by atoms with van der Waals surface area (Å²) in [7, 11) is 1.63. The van der Waals surface area contributed by atoms with Crippen molar-refractivity contribution < 1.29 is 9.53 Å². The number of aryl methyl sites for hydroxylation is 1. The molecule has 1 unspecified atom stereocenters. The molecular formula is C22H25N7O2. The lowest BCUT2D eigenvalue weighted by Crippen LogP contribution is -2.37. The van der Waals surface area contributed by atoms with Gasteiger partial charge in [0.1, 0.15) is 23.5 Å². The van der Waals surface area contributed by atoms with Gasteiger partial charge in [-0.25, -0.2) is 9.97 Å². The van der Waals surface area contributed by atoms with E-state index in [0.717, 1.165) is 51.7 Å². The lowest BCUT2D eigenvalue weighted by molar-refractivity contribution is -0.125. The van der Waals surface area contributed by atoms with Crippen molar-refractivity contribution in [3.63, 3.8) is 0 Å². The third-order valence-corrected chi connectivity index (χ3v) is 5.79. The predicted octanol–water partition coefficient (Wildman–Crippen LogP) is 3.22. The highest BCUT2D eigenvalue weighted by Gasteiger charge is 2.29. The summed E-state index contributed by atoms with van der Waals surface area (Å²) in [6, 6.07) is 4.01. The molecule has 1 amide bonds. The van der Waals surface area contributed by atoms with Gasteiger partial charge in [-0.3, -0.25) is 9.89 Å². The summed E-state index contributed by atoms with van der Waals surface area (Å²) >= 11 is 0. The van der Waals surface area contributed by atoms with Gasteiger partial charge < -0.3 is 20.4 Å². The molecule has 5 rings (SSSR count). The maximum absolute atomic E-state index is 12.6. The summed E-state index contributed by atoms with van der Waals surface area (Å²) in [5.74, 6) is 1.42. The number of H-pyrrole nitrogens is 2. The fourth-order valence-electron chi connectivity index (χ4n) is 4.33. The summed E-state index contributed by atoms with van der Waals surface area (Å²) in [5, 5.41) is 15.4. The molecule has 0 saturated heterocycles. The van der Waals surface area contributed by atoms with Crippen LogP contribution in [0, 0.1) is 5.92 Å². The third kappa shape index (κ3) is 3.45. The van der Waals surface area contributed by atoms with E-state index in [1.54, 1.807) is 19.6 Å². The average Bonchev–Trinajstić information content (AvgIpc) is 3.36. The Morgan fingerprint density at radius 1 is 1.29 bits per heavy atom. The number of hydrogen-bond acceptors (Lipinski definition) is 6. The van der Waals surface area contributed by atoms with Crippen LogP contribution in [0.15, 0.2) is 24.7 Å². The second-order valence-corrected chi connectivity index (χ2v) is 8.27. The first-order valence-corrected chi connectivity index (χ1v) is 10.5. The summed E-state index contributed by atoms with van der Waals surface area (Å²) in [5.41, 5.74) is 4.70. The van der Waals surface area contributed by atoms with Crippen LogP contribution < -0.4 is 15.4 Å². The number of rotatable bonds is 5. The van der Waals surface area contributed by atoms with Crippen LogP contribution in [0.3, 0.4) is 0 Å². The maximum atomic E-state index is 12.6. The molecule has 1 atom stereocenters. The van der Waals surface area contributed by atoms with Crippen molar-refractivity contribution in [2.24, 2.45) is 5.92 Å². The van der Waals surface area contributed by atoms with Crippen molar-refractivity contribution in [1.29, 1.82) is 0 Å². The molecule has 4 N–H and O–H groups in total. The molecule has 3 aromatic heterocycles. The van der Waals surface area contributed by atoms with Crippen LogP contribution >= 0.6 is 0 Å². The Balaban J connectivity index is 1.54. The number of fused-ring (bicyclic) bond motifs is 4. The molecule has 9 heteroatoms. The van der Waals surface area contributed by atoms with E-state index in [0.29, 0.717) is 18.0 Å². The van der Waals surface area contributed by atoms with Gasteiger partial charge in [-0.1, -0.05) is 0 Å². The van der Waals surface area contributed by atoms with Crippen molar-refractivity contribution in [3.8, 4) is 5.75 Å². The third-order valence-electron chi connectivity index (χ3n) is 5.79. The molecule has 0 spiro atoms. The summed E-state index contributed by atoms with van der Waals surface area (Å²) < 4.78 is 5.57. The number of aromatic nitrogens is 5. The number of anilines is 2. The van der Waals surface area contributed by atoms with E-state index in [2.05, 4.69) is 35.8 Å². The molecule has 4 aromatic rings. The van der Waals surface area contributed by atoms with E-state index in [1.807, 2.05) is 26.0 Å². The Bertz CT molecular complexity index is 1270. The molecule has 0 saturated carbocycles. The minimum Gasteiger partial charge on any atom is -0.494 e. The van der Waals surface area contributed by atoms with Gasteiger partial charge in [0.2, 0.25) is 5.91 Å². The van der Waals surface area contributed by atoms with Gasteiger partial charge in [-0.2, -0.15) is 5.10 Å². The van der Waals surface area contributed by atoms with Crippen LogP contribution in [0.25, 0.3) is 21.9 Å². The highest BCUT2D eigenvalue weighted by Crippen LogP contribution is 2.37. The van der Waals surface area contributed by atoms with Crippen molar-refractivity contribution in [2.45, 2.75) is 39.2 Å². The molecule has 0 fully saturated rings. The normalized spacial score (nSPS) is 15.9. The van der Waals surface area contributed by atoms with E-state index in [4.69, 9.17) is 4.74 Å². The number of carbonyl (C=O) groups is 1. The Morgan fingerprint density at radius 3 is 2.97 bits per heavy atom. The van der Waals surface area contributed by atoms with Crippen LogP contribution in [-0.2, 0) is 17.6 Å². The fraction of sp³-hybridized carbons (Fsp3) is 0.364. The highest BCUT2D eigenvalue weighted by atomic mass is 16.5. The van der Waals surface area contributed by atoms with Crippen LogP contribution in [-0.4, -0.2) is 44.2 Å². The van der Waals surface area contributed by atoms with Crippen molar-refractivity contribution in [3.05, 3.63) is 35.9 Å². The summed E-state index contributed by atoms with van der Waals surface area (Å²) in [6.07, 6.45) is 5.60. The Morgan fingerprint density at radius 2 is 2.16 bits per heavy atom. The molecule has 0 aliphatic heterocycles. The zero-order valence-corrected chi connectivity index (χ0v) is 17.7. The zero-order chi connectivity index (χ0) is 21.5. The largest absolute Gasteiger partial charge is 0.494 e. The number of amides is 1. The van der Waals surface area contributed by atoms with Gasteiger partial charge in [0, 0.05) is 29.1 Å². The van der Waals surface area contributed by atoms with Gasteiger partial charge in [0.05, 0.1) is 29.9 Å². The second-order valence-electron chi connectivity index (χ2n) is 8.27. The Hall–Kier alpha value is -3.62. The van der Waals surface area contributed by atoms with Crippen LogP contribution in [0.2, 0.25) is 0 Å². The number of hydrogen-bond donors (Lipinski definition) is 4. The molecule has 1 aromatic carbocycles. The van der Waals surface area contributed by atoms with Gasteiger partial charge >= 0.3 is 0 Å². The van der Waals surface area contributed by atoms with E-state index >= 15 is 0 Å². The highest BCUT2D eigenvalue weighted by molar-refractivity contribution is 5.96. The molecule has 3 heterocycles. The van der Waals surface area contributed by atoms with E-state index in [-0.39, 0.29) is 17.9 Å². The van der Waals surface area contributed by atoms with Crippen LogP contribution in [0.4, 0.5) is 11.5 Å². The number of methoxy groups -OCH3 is 1. The fourth-order valence-corrected chi connectivity index (χ4v) is 4.33. The number of carbonyl (C=O) groups excluding carboxylic acids is 1. The minimum atomic E-state index is -0.0567. The average molecular weight is 419 g/mol. The van der Waals surface area contributed by atoms with Gasteiger partial charge in [-0.15, -0.1) is 0 Å². The van der Waals surface area contributed by atoms with E-state index in [1.165, 1.54) is 0 Å². The standard InChI is InChI=1S/C22H25N7O2/c1-11(2)26-22(30)12-4-5-15-14(6-12)19-20(27-15)23-10-24-21(19)28-17-7-13-9-25-29-16(13)8-18(17)31-3/h7-12H,4-6H2,1-3H3,(H,25,29)(H,26,30)(H2,23,24,27,28). The first-order valence-electron chi connectivity index (χ1n) is 10.5. The quantitative estimate of drug-likeness (QED) is 0.394. The molecule has 1 aliphatic rings. The molecule has 9 nitrogen and oxygen atoms in total. The monoisotopic (exact) mass is 419 g/mol. The maximum Gasteiger partial charge on any atom is 0.223 e. The Labute approximate surface area is 179 Å². The lowest BCUT2D eigenvalue weighted by atomic mass is 9.86. The number of aromatic amines is 2. The van der Waals surface area contributed by atoms with Crippen molar-refractivity contribution in [1.82, 2.24) is 30.5 Å². The SMILES string of the molecule is COc1cc2[nH]ncc2cc1Nc1ncnc2[nH]c3c(c12)CC(C(=O)NC(C)C)CC3. The Kier molecular flexibility index (Phi) is 4.72. The molecule has 0 radical (unpaired) electrons. The van der Waals surface area contributed by atoms with Gasteiger partial charge in [0.15, 0.2) is 0 Å². The van der Waals surface area contributed by atoms with Crippen LogP contribution in [0.5, 0.6) is 5.75 Å². The van der Waals surface area contributed by atoms with Gasteiger partial charge in [-0.05, 0) is 44.7 Å². The second kappa shape index (κ2) is 7.57. The number of benzene rings is 1. The number of ether oxygens (including phenoxy) is 1. The number of nitrogens with zero attached hydrogens (tertiary/aromatic N) is 3. The lowest BCUT2D eigenvalue weighted by Gasteiger charge is -2.23. The van der Waals surface area contributed by atoms with Crippen molar-refractivity contribution in [2.75, 3.05) is 12.4 Å². The summed E-state index contributed by atoms with van der Waals surface area (Å²) in [4.78, 5) is 25.0. The molecular weight excluding hydrogens is 394 g/mol. The van der Waals surface area contributed by atoms with Crippen LogP contribution in [0.1, 0.15) is 31.5 Å². The smallest absolute Gasteiger partial charge is 0.223 e. The molecule has 31 heavy (non-hydrogen) atoms. The van der Waals surface area contributed by atoms with Gasteiger partial charge in [0.25, 0.3) is 0 Å². The molecule has 1 aliphatic carbocycles. The van der Waals surface area contributed by atoms with Crippen molar-refractivity contribution >= 4 is 39.3 Å². The van der Waals surface area contributed by atoms with E-state index in [9.17, 15) is 4.79 Å². The first kappa shape index (κ1) is 19.3. The molecule has 160 valence electrons. The predicted molar refractivity (Wildman–Crippen MR) is 119 cm³/mol. The number of nitrogens with one attached hydrogen (secondary N) is 4. The zero-order valence-electron chi connectivity index (χ0n) is 17.7. The summed E-state index contributed by atoms with van der Waals surface area (Å²) in [6.45, 7) is 3.97. The first-order chi connectivity index (χ1) is 15.0. The molecule has 0 bridgehead atoms. The minimum absolute atomic E-state index is 0.0567. The topological polar surface area (TPSA) is 121 Å². The van der Waals surface area contributed by atoms with E-state index < -0.39 is 0 Å².